The lowest BCUT2D eigenvalue weighted by Gasteiger charge is -2.15. The van der Waals surface area contributed by atoms with E-state index in [0.29, 0.717) is 19.6 Å². The highest BCUT2D eigenvalue weighted by molar-refractivity contribution is 7.80. The minimum absolute atomic E-state index is 0.0250. The Morgan fingerprint density at radius 1 is 1.52 bits per heavy atom. The molecule has 0 bridgehead atoms. The van der Waals surface area contributed by atoms with E-state index in [-0.39, 0.29) is 22.2 Å². The van der Waals surface area contributed by atoms with Gasteiger partial charge in [-0.3, -0.25) is 4.79 Å². The molecule has 0 saturated heterocycles. The largest absolute Gasteiger partial charge is 0.481 e. The summed E-state index contributed by atoms with van der Waals surface area (Å²) >= 11 is 4.71. The predicted molar refractivity (Wildman–Crippen MR) is 81.9 cm³/mol. The number of amides is 1. The summed E-state index contributed by atoms with van der Waals surface area (Å²) in [7, 11) is 1.60. The van der Waals surface area contributed by atoms with Gasteiger partial charge in [0.2, 0.25) is 0 Å². The number of benzene rings is 1. The van der Waals surface area contributed by atoms with Crippen molar-refractivity contribution in [3.05, 3.63) is 29.6 Å². The number of ether oxygens (including phenoxy) is 2. The van der Waals surface area contributed by atoms with Gasteiger partial charge in [-0.15, -0.1) is 0 Å². The molecule has 0 aromatic heterocycles. The van der Waals surface area contributed by atoms with Crippen molar-refractivity contribution in [3.8, 4) is 5.75 Å². The Morgan fingerprint density at radius 3 is 2.81 bits per heavy atom. The highest BCUT2D eigenvalue weighted by Crippen LogP contribution is 2.18. The van der Waals surface area contributed by atoms with Gasteiger partial charge < -0.3 is 20.5 Å². The quantitative estimate of drug-likeness (QED) is 0.560. The Balaban J connectivity index is 2.54. The smallest absolute Gasteiger partial charge is 0.260 e. The van der Waals surface area contributed by atoms with E-state index in [1.807, 2.05) is 0 Å². The zero-order valence-corrected chi connectivity index (χ0v) is 12.8. The fourth-order valence-corrected chi connectivity index (χ4v) is 1.76. The van der Waals surface area contributed by atoms with E-state index >= 15 is 0 Å². The van der Waals surface area contributed by atoms with E-state index in [9.17, 15) is 9.18 Å². The molecule has 1 atom stereocenters. The molecule has 0 saturated carbocycles. The zero-order valence-electron chi connectivity index (χ0n) is 12.0. The van der Waals surface area contributed by atoms with Crippen LogP contribution in [0.5, 0.6) is 5.75 Å². The second-order valence-corrected chi connectivity index (χ2v) is 4.84. The van der Waals surface area contributed by atoms with Crippen LogP contribution in [0.2, 0.25) is 0 Å². The standard InChI is InChI=1S/C14H19FN2O3S/c1-9(14(18)17-6-3-7-19-2)20-10-4-5-11(13(16)21)12(15)8-10/h4-5,8-9H,3,6-7H2,1-2H3,(H2,16,21)(H,17,18). The number of methoxy groups -OCH3 is 1. The minimum atomic E-state index is -0.734. The van der Waals surface area contributed by atoms with Crippen molar-refractivity contribution in [1.29, 1.82) is 0 Å². The fourth-order valence-electron chi connectivity index (χ4n) is 1.60. The second kappa shape index (κ2) is 8.53. The molecule has 116 valence electrons. The first-order valence-corrected chi connectivity index (χ1v) is 6.89. The maximum Gasteiger partial charge on any atom is 0.260 e. The van der Waals surface area contributed by atoms with Crippen molar-refractivity contribution in [1.82, 2.24) is 5.32 Å². The topological polar surface area (TPSA) is 73.6 Å². The molecule has 0 spiro atoms. The van der Waals surface area contributed by atoms with Gasteiger partial charge in [-0.2, -0.15) is 0 Å². The summed E-state index contributed by atoms with van der Waals surface area (Å²) < 4.78 is 23.9. The number of halogens is 1. The van der Waals surface area contributed by atoms with Crippen LogP contribution < -0.4 is 15.8 Å². The number of hydrogen-bond acceptors (Lipinski definition) is 4. The molecule has 0 aliphatic carbocycles. The molecule has 0 aliphatic heterocycles. The molecule has 3 N–H and O–H groups in total. The van der Waals surface area contributed by atoms with Gasteiger partial charge in [0.15, 0.2) is 6.10 Å². The van der Waals surface area contributed by atoms with Crippen LogP contribution in [0.1, 0.15) is 18.9 Å². The lowest BCUT2D eigenvalue weighted by atomic mass is 10.2. The van der Waals surface area contributed by atoms with E-state index in [1.54, 1.807) is 14.0 Å². The van der Waals surface area contributed by atoms with E-state index < -0.39 is 11.9 Å². The van der Waals surface area contributed by atoms with Gasteiger partial charge in [0, 0.05) is 31.9 Å². The van der Waals surface area contributed by atoms with Crippen molar-refractivity contribution in [2.45, 2.75) is 19.4 Å². The van der Waals surface area contributed by atoms with Gasteiger partial charge in [-0.05, 0) is 25.5 Å². The lowest BCUT2D eigenvalue weighted by Crippen LogP contribution is -2.37. The first kappa shape index (κ1) is 17.3. The second-order valence-electron chi connectivity index (χ2n) is 4.40. The average molecular weight is 314 g/mol. The third kappa shape index (κ3) is 5.65. The molecule has 0 aliphatic rings. The van der Waals surface area contributed by atoms with Crippen LogP contribution >= 0.6 is 12.2 Å². The van der Waals surface area contributed by atoms with E-state index in [1.165, 1.54) is 12.1 Å². The maximum absolute atomic E-state index is 13.7. The van der Waals surface area contributed by atoms with Crippen LogP contribution in [-0.4, -0.2) is 37.3 Å². The highest BCUT2D eigenvalue weighted by atomic mass is 32.1. The zero-order chi connectivity index (χ0) is 15.8. The first-order valence-electron chi connectivity index (χ1n) is 6.48. The van der Waals surface area contributed by atoms with Crippen molar-refractivity contribution in [3.63, 3.8) is 0 Å². The Morgan fingerprint density at radius 2 is 2.24 bits per heavy atom. The molecule has 1 amide bonds. The molecule has 1 rings (SSSR count). The summed E-state index contributed by atoms with van der Waals surface area (Å²) in [6.07, 6.45) is -0.0192. The average Bonchev–Trinajstić information content (AvgIpc) is 2.43. The Hall–Kier alpha value is -1.73. The summed E-state index contributed by atoms with van der Waals surface area (Å²) in [5, 5.41) is 2.70. The number of carbonyl (C=O) groups excluding carboxylic acids is 1. The summed E-state index contributed by atoms with van der Waals surface area (Å²) in [6, 6.07) is 4.10. The molecular weight excluding hydrogens is 295 g/mol. The Kier molecular flexibility index (Phi) is 7.04. The van der Waals surface area contributed by atoms with Gasteiger partial charge in [0.1, 0.15) is 16.6 Å². The third-order valence-corrected chi connectivity index (χ3v) is 2.93. The Labute approximate surface area is 128 Å². The monoisotopic (exact) mass is 314 g/mol. The number of hydrogen-bond donors (Lipinski definition) is 2. The third-order valence-electron chi connectivity index (χ3n) is 2.71. The van der Waals surface area contributed by atoms with Gasteiger partial charge in [0.05, 0.1) is 0 Å². The van der Waals surface area contributed by atoms with E-state index in [2.05, 4.69) is 5.32 Å². The maximum atomic E-state index is 13.7. The summed E-state index contributed by atoms with van der Waals surface area (Å²) in [4.78, 5) is 11.7. The van der Waals surface area contributed by atoms with Crippen LogP contribution in [0.25, 0.3) is 0 Å². The molecule has 5 nitrogen and oxygen atoms in total. The molecule has 0 fully saturated rings. The van der Waals surface area contributed by atoms with Crippen LogP contribution in [-0.2, 0) is 9.53 Å². The van der Waals surface area contributed by atoms with Gasteiger partial charge in [-0.25, -0.2) is 4.39 Å². The molecular formula is C14H19FN2O3S. The molecule has 0 heterocycles. The summed E-state index contributed by atoms with van der Waals surface area (Å²) in [5.41, 5.74) is 5.52. The molecule has 1 aromatic carbocycles. The number of nitrogens with one attached hydrogen (secondary N) is 1. The first-order chi connectivity index (χ1) is 9.95. The minimum Gasteiger partial charge on any atom is -0.481 e. The van der Waals surface area contributed by atoms with Crippen molar-refractivity contribution in [2.75, 3.05) is 20.3 Å². The predicted octanol–water partition coefficient (Wildman–Crippen LogP) is 1.38. The lowest BCUT2D eigenvalue weighted by molar-refractivity contribution is -0.127. The highest BCUT2D eigenvalue weighted by Gasteiger charge is 2.15. The van der Waals surface area contributed by atoms with Crippen molar-refractivity contribution < 1.29 is 18.7 Å². The summed E-state index contributed by atoms with van der Waals surface area (Å²) in [6.45, 7) is 2.65. The Bertz CT molecular complexity index is 511. The number of rotatable bonds is 8. The number of nitrogens with two attached hydrogens (primary N) is 1. The van der Waals surface area contributed by atoms with Crippen molar-refractivity contribution in [2.24, 2.45) is 5.73 Å². The van der Waals surface area contributed by atoms with Gasteiger partial charge in [-0.1, -0.05) is 12.2 Å². The molecule has 7 heteroatoms. The summed E-state index contributed by atoms with van der Waals surface area (Å²) in [5.74, 6) is -0.607. The molecule has 21 heavy (non-hydrogen) atoms. The molecule has 0 radical (unpaired) electrons. The van der Waals surface area contributed by atoms with Crippen LogP contribution in [0.3, 0.4) is 0 Å². The van der Waals surface area contributed by atoms with Crippen LogP contribution in [0.15, 0.2) is 18.2 Å². The van der Waals surface area contributed by atoms with Gasteiger partial charge in [0.25, 0.3) is 5.91 Å². The van der Waals surface area contributed by atoms with Crippen LogP contribution in [0.4, 0.5) is 4.39 Å². The van der Waals surface area contributed by atoms with Gasteiger partial charge >= 0.3 is 0 Å². The van der Waals surface area contributed by atoms with E-state index in [0.717, 1.165) is 6.07 Å². The number of carbonyl (C=O) groups is 1. The molecule has 1 aromatic rings. The number of thiocarbonyl (C=S) groups is 1. The normalized spacial score (nSPS) is 11.8. The van der Waals surface area contributed by atoms with Crippen molar-refractivity contribution >= 4 is 23.1 Å². The van der Waals surface area contributed by atoms with Crippen LogP contribution in [0, 0.1) is 5.82 Å². The molecule has 1 unspecified atom stereocenters. The van der Waals surface area contributed by atoms with E-state index in [4.69, 9.17) is 27.4 Å². The SMILES string of the molecule is COCCCNC(=O)C(C)Oc1ccc(C(N)=S)c(F)c1. The fraction of sp³-hybridized carbons (Fsp3) is 0.429.